The summed E-state index contributed by atoms with van der Waals surface area (Å²) in [6, 6.07) is 1.06. The van der Waals surface area contributed by atoms with E-state index in [0.29, 0.717) is 12.2 Å². The minimum Gasteiger partial charge on any atom is -0.459 e. The number of hydrogen-bond acceptors (Lipinski definition) is 7. The molecule has 2 saturated heterocycles. The molecule has 0 saturated carbocycles. The smallest absolute Gasteiger partial charge is 0.346 e. The summed E-state index contributed by atoms with van der Waals surface area (Å²) in [5.74, 6) is -1.46. The van der Waals surface area contributed by atoms with Crippen LogP contribution in [-0.2, 0) is 28.5 Å². The van der Waals surface area contributed by atoms with Crippen LogP contribution in [0.3, 0.4) is 0 Å². The van der Waals surface area contributed by atoms with Crippen molar-refractivity contribution in [1.29, 1.82) is 0 Å². The van der Waals surface area contributed by atoms with Crippen molar-refractivity contribution in [2.24, 2.45) is 0 Å². The molecule has 7 nitrogen and oxygen atoms in total. The van der Waals surface area contributed by atoms with Crippen LogP contribution in [0.15, 0.2) is 11.6 Å². The van der Waals surface area contributed by atoms with Gasteiger partial charge in [-0.1, -0.05) is 25.7 Å². The molecule has 0 amide bonds. The summed E-state index contributed by atoms with van der Waals surface area (Å²) < 4.78 is 28.0. The number of hydrogen-bond donors (Lipinski definition) is 1. The van der Waals surface area contributed by atoms with Gasteiger partial charge in [0.1, 0.15) is 19.5 Å². The second-order valence-electron chi connectivity index (χ2n) is 8.04. The van der Waals surface area contributed by atoms with Crippen LogP contribution in [0.5, 0.6) is 0 Å². The van der Waals surface area contributed by atoms with Gasteiger partial charge in [-0.2, -0.15) is 0 Å². The Morgan fingerprint density at radius 1 is 1.32 bits per heavy atom. The zero-order valence-electron chi connectivity index (χ0n) is 15.8. The van der Waals surface area contributed by atoms with Crippen molar-refractivity contribution in [2.45, 2.75) is 57.0 Å². The summed E-state index contributed by atoms with van der Waals surface area (Å²) in [5, 5.41) is 9.22. The quantitative estimate of drug-likeness (QED) is 0.227. The van der Waals surface area contributed by atoms with Crippen LogP contribution in [0.2, 0.25) is 25.7 Å². The van der Waals surface area contributed by atoms with E-state index >= 15 is 0 Å². The van der Waals surface area contributed by atoms with Crippen LogP contribution in [0.4, 0.5) is 0 Å². The van der Waals surface area contributed by atoms with E-state index in [0.717, 1.165) is 6.04 Å². The van der Waals surface area contributed by atoms with Crippen molar-refractivity contribution in [1.82, 2.24) is 0 Å². The Kier molecular flexibility index (Phi) is 6.45. The molecule has 0 aromatic carbocycles. The second kappa shape index (κ2) is 7.85. The minimum atomic E-state index is -1.36. The highest BCUT2D eigenvalue weighted by Crippen LogP contribution is 2.45. The fraction of sp³-hybridized carbons (Fsp3) is 0.824. The number of carbonyl (C=O) groups is 1. The van der Waals surface area contributed by atoms with Gasteiger partial charge in [-0.25, -0.2) is 4.79 Å². The third-order valence-electron chi connectivity index (χ3n) is 4.20. The number of aliphatic hydroxyl groups is 1. The second-order valence-corrected chi connectivity index (χ2v) is 13.7. The number of esters is 1. The van der Waals surface area contributed by atoms with Gasteiger partial charge in [-0.05, 0) is 19.9 Å². The highest BCUT2D eigenvalue weighted by molar-refractivity contribution is 6.76. The molecule has 2 fully saturated rings. The molecule has 2 aliphatic rings. The fourth-order valence-corrected chi connectivity index (χ4v) is 3.72. The molecule has 25 heavy (non-hydrogen) atoms. The molecular weight excluding hydrogens is 344 g/mol. The van der Waals surface area contributed by atoms with Gasteiger partial charge >= 0.3 is 5.97 Å². The minimum absolute atomic E-state index is 0.0854. The Hall–Kier alpha value is -0.773. The van der Waals surface area contributed by atoms with Crippen molar-refractivity contribution >= 4 is 14.0 Å². The molecule has 0 bridgehead atoms. The first-order valence-electron chi connectivity index (χ1n) is 8.62. The van der Waals surface area contributed by atoms with Gasteiger partial charge < -0.3 is 28.8 Å². The summed E-state index contributed by atoms with van der Waals surface area (Å²) in [6.45, 7) is 11.1. The number of carbonyl (C=O) groups excluding carboxylic acids is 1. The Morgan fingerprint density at radius 3 is 2.68 bits per heavy atom. The van der Waals surface area contributed by atoms with Crippen LogP contribution in [-0.4, -0.2) is 69.9 Å². The van der Waals surface area contributed by atoms with Gasteiger partial charge in [0.2, 0.25) is 5.60 Å². The van der Waals surface area contributed by atoms with Crippen LogP contribution in [0.1, 0.15) is 13.8 Å². The summed E-state index contributed by atoms with van der Waals surface area (Å²) in [5.41, 5.74) is -0.788. The van der Waals surface area contributed by atoms with E-state index in [1.807, 2.05) is 0 Å². The van der Waals surface area contributed by atoms with Gasteiger partial charge in [0.15, 0.2) is 5.79 Å². The lowest BCUT2D eigenvalue weighted by Crippen LogP contribution is -2.48. The van der Waals surface area contributed by atoms with Crippen molar-refractivity contribution in [3.8, 4) is 0 Å². The lowest BCUT2D eigenvalue weighted by Gasteiger charge is -2.25. The van der Waals surface area contributed by atoms with Crippen molar-refractivity contribution in [3.63, 3.8) is 0 Å². The number of ether oxygens (including phenoxy) is 5. The SMILES string of the molecule is CC1(C)O[C@H](COCOCC[Si](C)(C)C)[C@]2(O1)C(=O)OC/C2=C\CO. The van der Waals surface area contributed by atoms with E-state index < -0.39 is 31.5 Å². The van der Waals surface area contributed by atoms with E-state index in [2.05, 4.69) is 19.6 Å². The average Bonchev–Trinajstić information content (AvgIpc) is 2.93. The molecule has 2 rings (SSSR count). The molecule has 0 aromatic heterocycles. The predicted octanol–water partition coefficient (Wildman–Crippen LogP) is 1.68. The van der Waals surface area contributed by atoms with Gasteiger partial charge in [-0.15, -0.1) is 0 Å². The molecule has 2 aliphatic heterocycles. The lowest BCUT2D eigenvalue weighted by atomic mass is 9.90. The fourth-order valence-electron chi connectivity index (χ4n) is 2.96. The van der Waals surface area contributed by atoms with Gasteiger partial charge in [0, 0.05) is 20.3 Å². The van der Waals surface area contributed by atoms with E-state index in [1.54, 1.807) is 13.8 Å². The summed E-state index contributed by atoms with van der Waals surface area (Å²) in [7, 11) is -1.13. The normalized spacial score (nSPS) is 30.4. The van der Waals surface area contributed by atoms with E-state index in [-0.39, 0.29) is 26.6 Å². The summed E-state index contributed by atoms with van der Waals surface area (Å²) >= 11 is 0. The third-order valence-corrected chi connectivity index (χ3v) is 5.90. The highest BCUT2D eigenvalue weighted by Gasteiger charge is 2.64. The zero-order valence-corrected chi connectivity index (χ0v) is 16.8. The van der Waals surface area contributed by atoms with E-state index in [4.69, 9.17) is 23.7 Å². The molecule has 144 valence electrons. The molecule has 0 unspecified atom stereocenters. The van der Waals surface area contributed by atoms with Crippen molar-refractivity contribution in [3.05, 3.63) is 11.6 Å². The maximum absolute atomic E-state index is 12.4. The predicted molar refractivity (Wildman–Crippen MR) is 93.8 cm³/mol. The molecule has 1 N–H and O–H groups in total. The first kappa shape index (κ1) is 20.5. The number of aliphatic hydroxyl groups excluding tert-OH is 1. The maximum Gasteiger partial charge on any atom is 0.346 e. The number of cyclic esters (lactones) is 1. The molecule has 0 aliphatic carbocycles. The topological polar surface area (TPSA) is 83.5 Å². The maximum atomic E-state index is 12.4. The molecular formula is C17H30O7Si. The zero-order chi connectivity index (χ0) is 18.7. The summed E-state index contributed by atoms with van der Waals surface area (Å²) in [6.07, 6.45) is 0.878. The van der Waals surface area contributed by atoms with Crippen LogP contribution in [0, 0.1) is 0 Å². The molecule has 0 radical (unpaired) electrons. The number of rotatable bonds is 8. The molecule has 1 spiro atoms. The van der Waals surface area contributed by atoms with Crippen molar-refractivity contribution in [2.75, 3.05) is 33.2 Å². The Balaban J connectivity index is 1.96. The third kappa shape index (κ3) is 4.90. The van der Waals surface area contributed by atoms with E-state index in [9.17, 15) is 9.90 Å². The molecule has 2 heterocycles. The van der Waals surface area contributed by atoms with Gasteiger partial charge in [-0.3, -0.25) is 0 Å². The Morgan fingerprint density at radius 2 is 2.04 bits per heavy atom. The lowest BCUT2D eigenvalue weighted by molar-refractivity contribution is -0.174. The molecule has 8 heteroatoms. The first-order valence-corrected chi connectivity index (χ1v) is 12.3. The summed E-state index contributed by atoms with van der Waals surface area (Å²) in [4.78, 5) is 12.4. The van der Waals surface area contributed by atoms with Crippen LogP contribution >= 0.6 is 0 Å². The molecule has 2 atom stereocenters. The van der Waals surface area contributed by atoms with E-state index in [1.165, 1.54) is 6.08 Å². The average molecular weight is 375 g/mol. The van der Waals surface area contributed by atoms with Gasteiger partial charge in [0.25, 0.3) is 0 Å². The largest absolute Gasteiger partial charge is 0.459 e. The van der Waals surface area contributed by atoms with Crippen molar-refractivity contribution < 1.29 is 33.6 Å². The monoisotopic (exact) mass is 374 g/mol. The highest BCUT2D eigenvalue weighted by atomic mass is 28.3. The Bertz CT molecular complexity index is 512. The Labute approximate surface area is 150 Å². The first-order chi connectivity index (χ1) is 11.6. The van der Waals surface area contributed by atoms with Gasteiger partial charge in [0.05, 0.1) is 13.2 Å². The van der Waals surface area contributed by atoms with Crippen LogP contribution in [0.25, 0.3) is 0 Å². The van der Waals surface area contributed by atoms with Crippen LogP contribution < -0.4 is 0 Å². The molecule has 0 aromatic rings. The standard InChI is InChI=1S/C17H30O7Si/c1-16(2)23-14(11-21-12-20-8-9-25(3,4)5)17(24-16)13(6-7-18)10-22-15(17)19/h6,14,18H,7-12H2,1-5H3/b13-6+/t14-,17+/m1/s1.